The Bertz CT molecular complexity index is 3490. The third-order valence-corrected chi connectivity index (χ3v) is 19.5. The van der Waals surface area contributed by atoms with Gasteiger partial charge in [-0.05, 0) is 130 Å². The van der Waals surface area contributed by atoms with Crippen molar-refractivity contribution in [1.82, 2.24) is 51.5 Å². The fourth-order valence-corrected chi connectivity index (χ4v) is 14.4. The third kappa shape index (κ3) is 22.4. The van der Waals surface area contributed by atoms with Crippen LogP contribution in [0.5, 0.6) is 0 Å². The third-order valence-electron chi connectivity index (χ3n) is 19.5. The van der Waals surface area contributed by atoms with Crippen LogP contribution in [0.25, 0.3) is 0 Å². The van der Waals surface area contributed by atoms with E-state index in [4.69, 9.17) is 14.2 Å². The largest absolute Gasteiger partial charge is 0.461 e. The minimum absolute atomic E-state index is 0.00966. The first-order valence-electron chi connectivity index (χ1n) is 36.6. The average molecular weight is 1450 g/mol. The lowest BCUT2D eigenvalue weighted by Crippen LogP contribution is -2.59. The molecule has 6 heterocycles. The van der Waals surface area contributed by atoms with E-state index in [2.05, 4.69) is 36.6 Å². The number of carbonyl (C=O) groups is 13. The van der Waals surface area contributed by atoms with Gasteiger partial charge in [-0.3, -0.25) is 52.7 Å². The first-order chi connectivity index (χ1) is 49.3. The van der Waals surface area contributed by atoms with Crippen LogP contribution in [-0.4, -0.2) is 199 Å². The van der Waals surface area contributed by atoms with E-state index in [0.717, 1.165) is 49.7 Å². The number of aliphatic hydroxyl groups excluding tert-OH is 1. The molecule has 0 radical (unpaired) electrons. The van der Waals surface area contributed by atoms with E-state index in [1.165, 1.54) is 30.6 Å². The van der Waals surface area contributed by atoms with Gasteiger partial charge >= 0.3 is 30.1 Å². The number of nitrogens with zero attached hydrogens (tertiary/aromatic N) is 4. The van der Waals surface area contributed by atoms with E-state index in [0.29, 0.717) is 90.4 Å². The van der Waals surface area contributed by atoms with Gasteiger partial charge in [-0.25, -0.2) is 9.59 Å². The van der Waals surface area contributed by atoms with Crippen molar-refractivity contribution in [3.8, 4) is 0 Å². The maximum absolute atomic E-state index is 14.4. The Kier molecular flexibility index (Phi) is 27.9. The summed E-state index contributed by atoms with van der Waals surface area (Å²) in [5.74, 6) is -5.34. The molecule has 28 heteroatoms. The monoisotopic (exact) mass is 1450 g/mol. The Hall–Kier alpha value is -9.21. The van der Waals surface area contributed by atoms with E-state index in [-0.39, 0.29) is 61.4 Å². The number of ether oxygens (including phenoxy) is 4. The first kappa shape index (κ1) is 80.5. The summed E-state index contributed by atoms with van der Waals surface area (Å²) in [7, 11) is 0. The smallest absolute Gasteiger partial charge is 0.408 e. The number of alkyl carbamates (subject to hydrolysis) is 2. The van der Waals surface area contributed by atoms with Crippen LogP contribution in [0.3, 0.4) is 0 Å². The molecule has 2 aliphatic carbocycles. The van der Waals surface area contributed by atoms with E-state index in [1.54, 1.807) is 51.3 Å². The molecule has 0 bridgehead atoms. The number of hydrogen-bond acceptors (Lipinski definition) is 18. The van der Waals surface area contributed by atoms with E-state index < -0.39 is 124 Å². The van der Waals surface area contributed by atoms with Crippen LogP contribution in [0.1, 0.15) is 189 Å². The van der Waals surface area contributed by atoms with Crippen LogP contribution < -0.4 is 31.9 Å². The molecule has 2 aromatic rings. The summed E-state index contributed by atoms with van der Waals surface area (Å²) in [4.78, 5) is 175. The zero-order valence-corrected chi connectivity index (χ0v) is 61.5. The molecule has 7 N–H and O–H groups in total. The Morgan fingerprint density at radius 3 is 1.34 bits per heavy atom. The lowest BCUT2D eigenvalue weighted by molar-refractivity contribution is -0.156. The predicted molar refractivity (Wildman–Crippen MR) is 379 cm³/mol. The lowest BCUT2D eigenvalue weighted by atomic mass is 10.0. The highest BCUT2D eigenvalue weighted by atomic mass is 16.6. The molecule has 12 atom stereocenters. The number of likely N-dealkylation sites (tertiary alicyclic amines) is 2. The minimum Gasteiger partial charge on any atom is -0.461 e. The minimum atomic E-state index is -1.28. The first-order valence-corrected chi connectivity index (χ1v) is 36.6. The van der Waals surface area contributed by atoms with Crippen LogP contribution in [0.2, 0.25) is 0 Å². The summed E-state index contributed by atoms with van der Waals surface area (Å²) in [6, 6.07) is 13.8. The van der Waals surface area contributed by atoms with Gasteiger partial charge in [0, 0.05) is 78.2 Å². The fourth-order valence-electron chi connectivity index (χ4n) is 14.4. The predicted octanol–water partition coefficient (Wildman–Crippen LogP) is 5.76. The van der Waals surface area contributed by atoms with Crippen molar-refractivity contribution >= 4 is 77.4 Å². The van der Waals surface area contributed by atoms with Crippen LogP contribution in [0.4, 0.5) is 9.59 Å². The molecule has 2 saturated carbocycles. The number of fused-ring (bicyclic) bond motifs is 4. The summed E-state index contributed by atoms with van der Waals surface area (Å²) in [6.07, 6.45) is 14.8. The van der Waals surface area contributed by atoms with Gasteiger partial charge in [-0.2, -0.15) is 0 Å². The van der Waals surface area contributed by atoms with E-state index in [9.17, 15) is 67.4 Å². The summed E-state index contributed by atoms with van der Waals surface area (Å²) < 4.78 is 20.3. The highest BCUT2D eigenvalue weighted by Gasteiger charge is 2.65. The second-order valence-corrected chi connectivity index (χ2v) is 30.2. The average Bonchev–Trinajstić information content (AvgIpc) is 1.57. The second-order valence-electron chi connectivity index (χ2n) is 30.2. The van der Waals surface area contributed by atoms with Gasteiger partial charge in [-0.15, -0.1) is 0 Å². The molecule has 568 valence electrons. The number of esters is 3. The van der Waals surface area contributed by atoms with Gasteiger partial charge in [0.2, 0.25) is 47.3 Å². The number of allylic oxidation sites excluding steroid dienone is 2. The molecule has 10 amide bonds. The van der Waals surface area contributed by atoms with Crippen LogP contribution in [0, 0.1) is 11.8 Å². The zero-order valence-electron chi connectivity index (χ0n) is 61.5. The zero-order chi connectivity index (χ0) is 75.7. The molecule has 10 rings (SSSR count). The van der Waals surface area contributed by atoms with Crippen molar-refractivity contribution in [2.75, 3.05) is 26.2 Å². The van der Waals surface area contributed by atoms with Crippen molar-refractivity contribution in [2.45, 2.75) is 262 Å². The van der Waals surface area contributed by atoms with E-state index >= 15 is 0 Å². The molecule has 0 spiro atoms. The number of rotatable bonds is 11. The lowest BCUT2D eigenvalue weighted by Gasteiger charge is -2.32. The van der Waals surface area contributed by atoms with Gasteiger partial charge in [0.1, 0.15) is 64.6 Å². The molecule has 104 heavy (non-hydrogen) atoms. The SMILES string of the molecule is CC(=O)OC(C)=O.CC(=O)O[C@@H]1C[C@H]2C(=O)N[C@]3(C(=O)N4CCC[C@H]4C(=O)NCc4ccccc4)C[C@H]3/C=C\CCCCC[C@H](NC(=O)OC(C)(C)C)C(=O)N2C1.CC(C)(C)OC(=O)N[C@H]1CCCCC/C=C\[C@@H]2C[C@@]2(C(=O)N2CCC[C@H]2C(=O)NCc2ccccc2)NC(=O)[C@@H]2C[C@@H](O)CN2C1=O. The number of nitrogens with one attached hydrogen (secondary N) is 6. The number of benzene rings is 2. The van der Waals surface area contributed by atoms with Crippen molar-refractivity contribution < 1.29 is 86.4 Å². The Morgan fingerprint density at radius 1 is 0.529 bits per heavy atom. The van der Waals surface area contributed by atoms with Gasteiger partial charge in [-0.1, -0.05) is 111 Å². The van der Waals surface area contributed by atoms with Crippen molar-refractivity contribution in [3.63, 3.8) is 0 Å². The summed E-state index contributed by atoms with van der Waals surface area (Å²) >= 11 is 0. The highest BCUT2D eigenvalue weighted by molar-refractivity contribution is 6.02. The quantitative estimate of drug-likeness (QED) is 0.0609. The van der Waals surface area contributed by atoms with Crippen molar-refractivity contribution in [3.05, 3.63) is 96.1 Å². The molecular weight excluding hydrogens is 1340 g/mol. The second kappa shape index (κ2) is 36.0. The summed E-state index contributed by atoms with van der Waals surface area (Å²) in [6.45, 7) is 15.4. The van der Waals surface area contributed by atoms with Gasteiger partial charge in [0.25, 0.3) is 0 Å². The molecule has 6 aliphatic heterocycles. The van der Waals surface area contributed by atoms with Gasteiger partial charge < -0.3 is 75.6 Å². The van der Waals surface area contributed by atoms with Crippen LogP contribution >= 0.6 is 0 Å². The molecule has 28 nitrogen and oxygen atoms in total. The molecule has 2 aromatic carbocycles. The fraction of sp³-hybridized carbons (Fsp3) is 0.618. The molecule has 6 fully saturated rings. The van der Waals surface area contributed by atoms with E-state index in [1.807, 2.05) is 85.0 Å². The Labute approximate surface area is 608 Å². The maximum atomic E-state index is 14.4. The van der Waals surface area contributed by atoms with Gasteiger partial charge in [0.15, 0.2) is 0 Å². The topological polar surface area (TPSA) is 364 Å². The number of hydrogen-bond donors (Lipinski definition) is 7. The Balaban J connectivity index is 0.000000241. The normalized spacial score (nSPS) is 28.4. The molecule has 4 saturated heterocycles. The van der Waals surface area contributed by atoms with Crippen LogP contribution in [-0.2, 0) is 84.8 Å². The molecule has 8 aliphatic rings. The molecule has 0 aromatic heterocycles. The number of amides is 10. The maximum Gasteiger partial charge on any atom is 0.408 e. The van der Waals surface area contributed by atoms with Gasteiger partial charge in [0.05, 0.1) is 12.6 Å². The highest BCUT2D eigenvalue weighted by Crippen LogP contribution is 2.49. The number of aliphatic hydroxyl groups is 1. The Morgan fingerprint density at radius 2 is 0.942 bits per heavy atom. The number of carbonyl (C=O) groups excluding carboxylic acids is 13. The molecule has 0 unspecified atom stereocenters. The summed E-state index contributed by atoms with van der Waals surface area (Å²) in [5, 5.41) is 28.0. The summed E-state index contributed by atoms with van der Waals surface area (Å²) in [5.41, 5.74) is -2.16. The standard InChI is InChI=1S/C37H51N5O8.C35H49N5O7.C4H6O3/c1-24(43)49-27-20-30-32(45)40-37(34(47)41-19-13-18-29(41)31(44)38-22-25-14-9-8-10-15-25)21-26(37)16-11-6-5-7-12-17-28(33(46)42(30)23-27)39-35(48)50-36(2,3)4;1-34(2,3)47-33(46)37-26-16-11-6-4-5-10-15-24-20-35(24,38-30(43)28-19-25(41)22-40(28)31(26)44)32(45)39-18-12-17-27(39)29(42)36-21-23-13-8-7-9-14-23;1-3(5)7-4(2)6/h8-11,14-16,26-30H,5-7,12-13,17-23H2,1-4H3,(H,38,44)(H,39,48)(H,40,45);7-10,13-15,24-28,41H,4-6,11-12,16-22H2,1-3H3,(H,36,42)(H,37,46)(H,38,43);1-2H3/b16-11-;15-10-;/t26-,27-,28+,29+,30+,37-;24-,25-,26+,27+,28+,35-;/m11./s1. The molecular formula is C76H106N10O18. The van der Waals surface area contributed by atoms with Crippen molar-refractivity contribution in [1.29, 1.82) is 0 Å². The van der Waals surface area contributed by atoms with Crippen molar-refractivity contribution in [2.24, 2.45) is 11.8 Å². The van der Waals surface area contributed by atoms with Crippen LogP contribution in [0.15, 0.2) is 85.0 Å².